The molecule has 0 aromatic heterocycles. The third-order valence-corrected chi connectivity index (χ3v) is 22.1. The summed E-state index contributed by atoms with van der Waals surface area (Å²) >= 11 is 1.30. The summed E-state index contributed by atoms with van der Waals surface area (Å²) in [7, 11) is 3.14. The van der Waals surface area contributed by atoms with Crippen LogP contribution in [0.3, 0.4) is 0 Å². The smallest absolute Gasteiger partial charge is 0.277 e. The predicted molar refractivity (Wildman–Crippen MR) is 329 cm³/mol. The van der Waals surface area contributed by atoms with Crippen LogP contribution in [-0.4, -0.2) is 127 Å². The molecule has 5 aliphatic heterocycles. The molecule has 0 aliphatic carbocycles. The first-order valence-electron chi connectivity index (χ1n) is 28.1. The summed E-state index contributed by atoms with van der Waals surface area (Å²) in [6.45, 7) is 6.13. The number of ether oxygens (including phenoxy) is 3. The summed E-state index contributed by atoms with van der Waals surface area (Å²) in [5, 5.41) is 1.25. The van der Waals surface area contributed by atoms with Gasteiger partial charge in [-0.05, 0) is 154 Å². The number of thioether (sulfide) groups is 1. The van der Waals surface area contributed by atoms with Gasteiger partial charge in [-0.1, -0.05) is 64.1 Å². The van der Waals surface area contributed by atoms with Gasteiger partial charge in [0.25, 0.3) is 16.0 Å². The molecule has 442 valence electrons. The molecule has 21 heteroatoms. The first kappa shape index (κ1) is 60.5. The number of ketones is 1. The van der Waals surface area contributed by atoms with Crippen molar-refractivity contribution in [3.63, 3.8) is 0 Å². The van der Waals surface area contributed by atoms with Gasteiger partial charge in [0.05, 0.1) is 25.2 Å². The summed E-state index contributed by atoms with van der Waals surface area (Å²) in [6, 6.07) is 28.9. The van der Waals surface area contributed by atoms with E-state index in [-0.39, 0.29) is 93.5 Å². The van der Waals surface area contributed by atoms with E-state index in [0.29, 0.717) is 64.8 Å². The second-order valence-corrected chi connectivity index (χ2v) is 28.4. The summed E-state index contributed by atoms with van der Waals surface area (Å²) in [5.41, 5.74) is 9.53. The topological polar surface area (TPSA) is 198 Å². The van der Waals surface area contributed by atoms with Crippen molar-refractivity contribution in [2.45, 2.75) is 126 Å². The summed E-state index contributed by atoms with van der Waals surface area (Å²) < 4.78 is 51.1. The first-order chi connectivity index (χ1) is 40.3. The van der Waals surface area contributed by atoms with Crippen molar-refractivity contribution in [3.8, 4) is 17.2 Å². The minimum absolute atomic E-state index is 0.00636. The van der Waals surface area contributed by atoms with E-state index in [1.165, 1.54) is 38.9 Å². The van der Waals surface area contributed by atoms with Gasteiger partial charge in [-0.15, -0.1) is 0 Å². The largest absolute Gasteiger partial charge is 0.493 e. The van der Waals surface area contributed by atoms with Crippen molar-refractivity contribution < 1.29 is 60.2 Å². The molecule has 0 radical (unpaired) electrons. The Hall–Kier alpha value is -6.65. The van der Waals surface area contributed by atoms with Gasteiger partial charge < -0.3 is 33.9 Å². The number of para-hydroxylation sites is 2. The van der Waals surface area contributed by atoms with Crippen molar-refractivity contribution in [1.29, 1.82) is 0 Å². The van der Waals surface area contributed by atoms with E-state index in [1.807, 2.05) is 121 Å². The van der Waals surface area contributed by atoms with E-state index < -0.39 is 31.1 Å². The zero-order chi connectivity index (χ0) is 59.6. The lowest BCUT2D eigenvalue weighted by Crippen LogP contribution is -2.38. The van der Waals surface area contributed by atoms with Crippen molar-refractivity contribution >= 4 is 108 Å². The van der Waals surface area contributed by atoms with Crippen LogP contribution in [0, 0.1) is 6.92 Å². The molecule has 1 fully saturated rings. The highest BCUT2D eigenvalue weighted by Gasteiger charge is 2.41. The minimum atomic E-state index is -4.22. The SMILES string of the molecule is COc1cc2c(cc1OCc1cc(COc3cc4c(cc3C)C(=O)N3c5ccccc5C[C@H]3[C-]=[N+]4C)cc(NC(=O)CCC(C)(C)SSCCC(C(=O)CCCN3C(=O)CC(SC)C3=O)S(=O)(=O)OC)c1)CC[C@@H]1Cc3ccccc3N1C2=O. The molecular formula is C63H69N5O12S4. The predicted octanol–water partition coefficient (Wildman–Crippen LogP) is 9.94. The molecule has 5 aromatic rings. The van der Waals surface area contributed by atoms with Gasteiger partial charge in [0, 0.05) is 82.8 Å². The Bertz CT molecular complexity index is 3590. The Morgan fingerprint density at radius 2 is 1.49 bits per heavy atom. The highest BCUT2D eigenvalue weighted by Crippen LogP contribution is 2.43. The van der Waals surface area contributed by atoms with Crippen LogP contribution in [-0.2, 0) is 66.0 Å². The van der Waals surface area contributed by atoms with E-state index in [1.54, 1.807) is 19.4 Å². The van der Waals surface area contributed by atoms with Gasteiger partial charge in [-0.2, -0.15) is 20.2 Å². The maximum Gasteiger partial charge on any atom is 0.277 e. The van der Waals surface area contributed by atoms with Crippen LogP contribution in [0.25, 0.3) is 0 Å². The maximum absolute atomic E-state index is 14.2. The lowest BCUT2D eigenvalue weighted by atomic mass is 9.99. The number of Topliss-reactive ketones (excluding diaryl/α,β-unsaturated/α-hetero) is 1. The molecule has 5 aliphatic rings. The minimum Gasteiger partial charge on any atom is -0.493 e. The van der Waals surface area contributed by atoms with Gasteiger partial charge in [-0.25, -0.2) is 0 Å². The van der Waals surface area contributed by atoms with Gasteiger partial charge in [0.2, 0.25) is 23.6 Å². The molecule has 1 N–H and O–H groups in total. The standard InChI is InChI=1S/C63H69N5O12S4/c1-38-25-48-51(65(4)35-46-30-43-14-9-11-16-50(43)68(46)61(48)73)33-53(38)79-36-39-26-40(37-80-55-31-41-18-19-45-29-42-13-8-10-15-49(42)67(45)60(72)47(41)32-54(55)77-5)28-44(27-39)64-58(70)20-22-63(2,3)83-82-24-21-57(84(75,76)78-6)52(69)17-12-23-66-59(71)34-56(81-7)62(66)74/h8-11,13-16,25-28,31-33,45-46,56-57H,12,17-24,29-30,34,36-37H2,1-7H3,(H,64,70)/t45-,46+,56?,57?/m1/s1. The number of likely N-dealkylation sites (tertiary alicyclic amines) is 1. The molecule has 17 nitrogen and oxygen atoms in total. The van der Waals surface area contributed by atoms with Crippen LogP contribution >= 0.6 is 33.3 Å². The number of fused-ring (bicyclic) bond motifs is 8. The number of carbonyl (C=O) groups excluding carboxylic acids is 6. The number of carbonyl (C=O) groups is 6. The summed E-state index contributed by atoms with van der Waals surface area (Å²) in [6.07, 6.45) is 8.93. The maximum atomic E-state index is 14.2. The van der Waals surface area contributed by atoms with Crippen LogP contribution < -0.4 is 29.3 Å². The Labute approximate surface area is 503 Å². The Morgan fingerprint density at radius 3 is 2.18 bits per heavy atom. The Balaban J connectivity index is 0.814. The second-order valence-electron chi connectivity index (χ2n) is 22.4. The molecule has 0 bridgehead atoms. The van der Waals surface area contributed by atoms with Crippen LogP contribution in [0.5, 0.6) is 17.2 Å². The summed E-state index contributed by atoms with van der Waals surface area (Å²) in [5.74, 6) is 0.238. The molecular weight excluding hydrogens is 1150 g/mol. The van der Waals surface area contributed by atoms with Crippen molar-refractivity contribution in [2.24, 2.45) is 0 Å². The average Bonchev–Trinajstić information content (AvgIpc) is 3.57. The van der Waals surface area contributed by atoms with Crippen molar-refractivity contribution in [1.82, 2.24) is 4.90 Å². The lowest BCUT2D eigenvalue weighted by molar-refractivity contribution is -0.401. The van der Waals surface area contributed by atoms with E-state index >= 15 is 0 Å². The Morgan fingerprint density at radius 1 is 0.810 bits per heavy atom. The van der Waals surface area contributed by atoms with E-state index in [2.05, 4.69) is 17.6 Å². The number of benzene rings is 5. The monoisotopic (exact) mass is 1220 g/mol. The van der Waals surface area contributed by atoms with Crippen LogP contribution in [0.2, 0.25) is 0 Å². The number of hydrogen-bond donors (Lipinski definition) is 1. The van der Waals surface area contributed by atoms with Crippen LogP contribution in [0.15, 0.2) is 91.0 Å². The molecule has 5 aromatic carbocycles. The normalized spacial score (nSPS) is 18.4. The molecule has 84 heavy (non-hydrogen) atoms. The first-order valence-corrected chi connectivity index (χ1v) is 33.2. The molecule has 2 unspecified atom stereocenters. The van der Waals surface area contributed by atoms with Gasteiger partial charge >= 0.3 is 0 Å². The molecule has 1 saturated heterocycles. The van der Waals surface area contributed by atoms with Gasteiger partial charge in [0.1, 0.15) is 31.3 Å². The fourth-order valence-electron chi connectivity index (χ4n) is 11.7. The highest BCUT2D eigenvalue weighted by molar-refractivity contribution is 8.77. The molecule has 5 amide bonds. The van der Waals surface area contributed by atoms with Gasteiger partial charge in [-0.3, -0.25) is 37.9 Å². The number of amides is 5. The number of nitrogens with one attached hydrogen (secondary N) is 1. The number of hydrogen-bond acceptors (Lipinski definition) is 15. The average molecular weight is 1220 g/mol. The third kappa shape index (κ3) is 12.9. The quantitative estimate of drug-likeness (QED) is 0.0153. The zero-order valence-electron chi connectivity index (χ0n) is 48.2. The highest BCUT2D eigenvalue weighted by atomic mass is 33.1. The molecule has 4 atom stereocenters. The zero-order valence-corrected chi connectivity index (χ0v) is 51.5. The fraction of sp³-hybridized carbons (Fsp3) is 0.413. The second kappa shape index (κ2) is 25.5. The molecule has 0 saturated carbocycles. The number of anilines is 3. The van der Waals surface area contributed by atoms with Crippen molar-refractivity contribution in [2.75, 3.05) is 54.9 Å². The third-order valence-electron chi connectivity index (χ3n) is 16.1. The fourth-order valence-corrected chi connectivity index (χ4v) is 16.3. The van der Waals surface area contributed by atoms with E-state index in [0.717, 1.165) is 64.0 Å². The molecule has 5 heterocycles. The number of nitrogens with zero attached hydrogens (tertiary/aromatic N) is 4. The number of aryl methyl sites for hydroxylation is 2. The van der Waals surface area contributed by atoms with E-state index in [9.17, 15) is 37.2 Å². The molecule has 0 spiro atoms. The Kier molecular flexibility index (Phi) is 18.4. The van der Waals surface area contributed by atoms with Gasteiger partial charge in [0.15, 0.2) is 17.3 Å². The number of methoxy groups -OCH3 is 1. The lowest BCUT2D eigenvalue weighted by Gasteiger charge is -2.23. The summed E-state index contributed by atoms with van der Waals surface area (Å²) in [4.78, 5) is 85.5. The van der Waals surface area contributed by atoms with E-state index in [4.69, 9.17) is 18.4 Å². The van der Waals surface area contributed by atoms with Crippen LogP contribution in [0.4, 0.5) is 22.7 Å². The van der Waals surface area contributed by atoms with Crippen LogP contribution in [0.1, 0.15) is 113 Å². The number of imide groups is 1. The van der Waals surface area contributed by atoms with Crippen molar-refractivity contribution in [3.05, 3.63) is 136 Å². The number of rotatable bonds is 24. The molecule has 10 rings (SSSR count).